The Bertz CT molecular complexity index is 1250. The number of para-hydroxylation sites is 2. The van der Waals surface area contributed by atoms with Gasteiger partial charge in [-0.2, -0.15) is 0 Å². The molecule has 0 fully saturated rings. The van der Waals surface area contributed by atoms with Crippen LogP contribution in [0.1, 0.15) is 39.5 Å². The lowest BCUT2D eigenvalue weighted by Crippen LogP contribution is -2.19. The Morgan fingerprint density at radius 1 is 0.692 bits per heavy atom. The van der Waals surface area contributed by atoms with Crippen LogP contribution in [0.2, 0.25) is 0 Å². The van der Waals surface area contributed by atoms with Gasteiger partial charge >= 0.3 is 0 Å². The van der Waals surface area contributed by atoms with Crippen molar-refractivity contribution < 1.29 is 9.47 Å². The number of benzene rings is 3. The lowest BCUT2D eigenvalue weighted by Gasteiger charge is -2.18. The minimum Gasteiger partial charge on any atom is -0.493 e. The molecule has 4 rings (SSSR count). The number of aromatic nitrogens is 1. The highest BCUT2D eigenvalue weighted by atomic mass is 35.5. The number of halogens is 1. The number of anilines is 1. The summed E-state index contributed by atoms with van der Waals surface area (Å²) in [5, 5.41) is 0. The van der Waals surface area contributed by atoms with Gasteiger partial charge in [0.05, 0.1) is 24.6 Å². The maximum absolute atomic E-state index is 6.20. The molecule has 0 spiro atoms. The number of pyridine rings is 1. The van der Waals surface area contributed by atoms with E-state index in [1.807, 2.05) is 36.4 Å². The van der Waals surface area contributed by atoms with Crippen molar-refractivity contribution in [3.8, 4) is 45.1 Å². The fourth-order valence-electron chi connectivity index (χ4n) is 4.40. The van der Waals surface area contributed by atoms with Crippen LogP contribution in [0.15, 0.2) is 84.9 Å². The highest BCUT2D eigenvalue weighted by Gasteiger charge is 2.15. The molecule has 4 aromatic rings. The topological polar surface area (TPSA) is 34.6 Å². The van der Waals surface area contributed by atoms with Crippen molar-refractivity contribution in [2.45, 2.75) is 39.5 Å². The maximum Gasteiger partial charge on any atom is 0.128 e. The Balaban J connectivity index is 1.81. The SMILES string of the molecule is CCCCOc1ccccc1-c1cc(-c2ccc(N(C)CCCl)cc2)cc(-c2ccccc2OCCCC)n1. The minimum absolute atomic E-state index is 0.592. The maximum atomic E-state index is 6.20. The molecule has 0 bridgehead atoms. The summed E-state index contributed by atoms with van der Waals surface area (Å²) < 4.78 is 12.4. The van der Waals surface area contributed by atoms with Crippen LogP contribution in [0.4, 0.5) is 5.69 Å². The Morgan fingerprint density at radius 2 is 1.21 bits per heavy atom. The van der Waals surface area contributed by atoms with Gasteiger partial charge < -0.3 is 14.4 Å². The monoisotopic (exact) mass is 542 g/mol. The molecule has 0 amide bonds. The van der Waals surface area contributed by atoms with Crippen molar-refractivity contribution >= 4 is 17.3 Å². The second-order valence-corrected chi connectivity index (χ2v) is 10.1. The first-order chi connectivity index (χ1) is 19.1. The van der Waals surface area contributed by atoms with Gasteiger partial charge in [-0.05, 0) is 72.5 Å². The molecular formula is C34H39ClN2O2. The third-order valence-electron chi connectivity index (χ3n) is 6.72. The van der Waals surface area contributed by atoms with Crippen molar-refractivity contribution in [2.24, 2.45) is 0 Å². The summed E-state index contributed by atoms with van der Waals surface area (Å²) in [6.45, 7) is 6.52. The molecule has 0 saturated carbocycles. The van der Waals surface area contributed by atoms with E-state index >= 15 is 0 Å². The summed E-state index contributed by atoms with van der Waals surface area (Å²) in [6, 6.07) is 29.3. The zero-order valence-corrected chi connectivity index (χ0v) is 24.1. The van der Waals surface area contributed by atoms with E-state index < -0.39 is 0 Å². The molecular weight excluding hydrogens is 504 g/mol. The van der Waals surface area contributed by atoms with Gasteiger partial charge in [0.1, 0.15) is 11.5 Å². The van der Waals surface area contributed by atoms with Crippen LogP contribution in [0.5, 0.6) is 11.5 Å². The van der Waals surface area contributed by atoms with Gasteiger partial charge in [0.25, 0.3) is 0 Å². The van der Waals surface area contributed by atoms with Crippen molar-refractivity contribution in [2.75, 3.05) is 37.6 Å². The zero-order chi connectivity index (χ0) is 27.5. The van der Waals surface area contributed by atoms with E-state index in [2.05, 4.69) is 74.3 Å². The highest BCUT2D eigenvalue weighted by Crippen LogP contribution is 2.37. The van der Waals surface area contributed by atoms with Gasteiger partial charge in [0.2, 0.25) is 0 Å². The third-order valence-corrected chi connectivity index (χ3v) is 6.89. The first kappa shape index (κ1) is 28.5. The molecule has 204 valence electrons. The Morgan fingerprint density at radius 3 is 1.69 bits per heavy atom. The molecule has 1 heterocycles. The predicted octanol–water partition coefficient (Wildman–Crippen LogP) is 9.12. The van der Waals surface area contributed by atoms with Gasteiger partial charge in [-0.25, -0.2) is 4.98 Å². The van der Waals surface area contributed by atoms with Crippen LogP contribution in [0.3, 0.4) is 0 Å². The second kappa shape index (κ2) is 14.6. The molecule has 3 aromatic carbocycles. The lowest BCUT2D eigenvalue weighted by molar-refractivity contribution is 0.310. The van der Waals surface area contributed by atoms with Crippen molar-refractivity contribution in [1.29, 1.82) is 0 Å². The minimum atomic E-state index is 0.592. The van der Waals surface area contributed by atoms with Crippen LogP contribution in [0.25, 0.3) is 33.6 Å². The molecule has 39 heavy (non-hydrogen) atoms. The molecule has 0 aliphatic heterocycles. The first-order valence-electron chi connectivity index (χ1n) is 14.0. The largest absolute Gasteiger partial charge is 0.493 e. The van der Waals surface area contributed by atoms with E-state index in [0.29, 0.717) is 19.1 Å². The molecule has 1 aromatic heterocycles. The van der Waals surface area contributed by atoms with E-state index in [4.69, 9.17) is 26.1 Å². The van der Waals surface area contributed by atoms with E-state index in [1.165, 1.54) is 0 Å². The number of hydrogen-bond donors (Lipinski definition) is 0. The van der Waals surface area contributed by atoms with Gasteiger partial charge in [-0.3, -0.25) is 0 Å². The summed E-state index contributed by atoms with van der Waals surface area (Å²) in [6.07, 6.45) is 4.20. The van der Waals surface area contributed by atoms with E-state index in [-0.39, 0.29) is 0 Å². The molecule has 0 unspecified atom stereocenters. The molecule has 0 aliphatic rings. The van der Waals surface area contributed by atoms with Crippen molar-refractivity contribution in [3.05, 3.63) is 84.9 Å². The summed E-state index contributed by atoms with van der Waals surface area (Å²) in [5.74, 6) is 2.30. The number of alkyl halides is 1. The van der Waals surface area contributed by atoms with Gasteiger partial charge in [-0.1, -0.05) is 63.1 Å². The van der Waals surface area contributed by atoms with Crippen LogP contribution in [-0.4, -0.2) is 37.7 Å². The molecule has 0 radical (unpaired) electrons. The molecule has 0 N–H and O–H groups in total. The number of ether oxygens (including phenoxy) is 2. The smallest absolute Gasteiger partial charge is 0.128 e. The van der Waals surface area contributed by atoms with Crippen LogP contribution < -0.4 is 14.4 Å². The quantitative estimate of drug-likeness (QED) is 0.117. The summed E-state index contributed by atoms with van der Waals surface area (Å²) in [7, 11) is 2.06. The van der Waals surface area contributed by atoms with E-state index in [1.54, 1.807) is 0 Å². The van der Waals surface area contributed by atoms with Crippen LogP contribution in [0, 0.1) is 0 Å². The molecule has 5 heteroatoms. The molecule has 0 atom stereocenters. The Hall–Kier alpha value is -3.50. The fourth-order valence-corrected chi connectivity index (χ4v) is 4.65. The number of hydrogen-bond acceptors (Lipinski definition) is 4. The first-order valence-corrected chi connectivity index (χ1v) is 14.5. The number of nitrogens with zero attached hydrogens (tertiary/aromatic N) is 2. The molecule has 0 saturated heterocycles. The van der Waals surface area contributed by atoms with Crippen LogP contribution >= 0.6 is 11.6 Å². The van der Waals surface area contributed by atoms with Gasteiger partial charge in [-0.15, -0.1) is 11.6 Å². The second-order valence-electron chi connectivity index (χ2n) is 9.68. The number of unbranched alkanes of at least 4 members (excludes halogenated alkanes) is 2. The van der Waals surface area contributed by atoms with E-state index in [0.717, 1.165) is 83.1 Å². The zero-order valence-electron chi connectivity index (χ0n) is 23.3. The number of rotatable bonds is 14. The highest BCUT2D eigenvalue weighted by molar-refractivity contribution is 6.18. The van der Waals surface area contributed by atoms with Crippen molar-refractivity contribution in [3.63, 3.8) is 0 Å². The average Bonchev–Trinajstić information content (AvgIpc) is 2.98. The average molecular weight is 543 g/mol. The Labute approximate surface area is 238 Å². The molecule has 4 nitrogen and oxygen atoms in total. The Kier molecular flexibility index (Phi) is 10.7. The van der Waals surface area contributed by atoms with E-state index in [9.17, 15) is 0 Å². The van der Waals surface area contributed by atoms with Gasteiger partial charge in [0, 0.05) is 36.3 Å². The molecule has 0 aliphatic carbocycles. The standard InChI is InChI=1S/C34H39ClN2O2/c1-4-6-22-38-33-14-10-8-12-29(33)31-24-27(26-16-18-28(19-17-26)37(3)21-20-35)25-32(36-31)30-13-9-11-15-34(30)39-23-7-5-2/h8-19,24-25H,4-7,20-23H2,1-3H3. The summed E-state index contributed by atoms with van der Waals surface area (Å²) >= 11 is 5.96. The van der Waals surface area contributed by atoms with Gasteiger partial charge in [0.15, 0.2) is 0 Å². The summed E-state index contributed by atoms with van der Waals surface area (Å²) in [4.78, 5) is 7.33. The lowest BCUT2D eigenvalue weighted by atomic mass is 9.99. The third kappa shape index (κ3) is 7.54. The van der Waals surface area contributed by atoms with Crippen molar-refractivity contribution in [1.82, 2.24) is 4.98 Å². The fraction of sp³-hybridized carbons (Fsp3) is 0.324. The summed E-state index contributed by atoms with van der Waals surface area (Å²) in [5.41, 5.74) is 7.07. The van der Waals surface area contributed by atoms with Crippen LogP contribution in [-0.2, 0) is 0 Å². The predicted molar refractivity (Wildman–Crippen MR) is 165 cm³/mol. The normalized spacial score (nSPS) is 10.9.